The fourth-order valence-corrected chi connectivity index (χ4v) is 3.09. The van der Waals surface area contributed by atoms with E-state index in [4.69, 9.17) is 0 Å². The lowest BCUT2D eigenvalue weighted by Crippen LogP contribution is -2.10. The average molecular weight is 335 g/mol. The van der Waals surface area contributed by atoms with Crippen LogP contribution in [0.1, 0.15) is 29.4 Å². The molecule has 0 radical (unpaired) electrons. The second-order valence-electron chi connectivity index (χ2n) is 6.47. The molecule has 1 fully saturated rings. The Morgan fingerprint density at radius 3 is 2.24 bits per heavy atom. The maximum absolute atomic E-state index is 13.9. The van der Waals surface area contributed by atoms with Crippen molar-refractivity contribution in [3.8, 4) is 11.6 Å². The molecule has 6 heteroatoms. The van der Waals surface area contributed by atoms with Gasteiger partial charge in [0.1, 0.15) is 5.82 Å². The van der Waals surface area contributed by atoms with Gasteiger partial charge in [0.25, 0.3) is 0 Å². The number of rotatable bonds is 4. The second kappa shape index (κ2) is 6.20. The number of benzene rings is 1. The first-order chi connectivity index (χ1) is 12.1. The normalized spacial score (nSPS) is 18.8. The maximum Gasteiger partial charge on any atom is 0.197 e. The molecule has 25 heavy (non-hydrogen) atoms. The summed E-state index contributed by atoms with van der Waals surface area (Å²) < 4.78 is 13.9. The first-order valence-corrected chi connectivity index (χ1v) is 8.19. The summed E-state index contributed by atoms with van der Waals surface area (Å²) in [5.74, 6) is 1.63. The number of aromatic nitrogens is 4. The van der Waals surface area contributed by atoms with Gasteiger partial charge < -0.3 is 4.90 Å². The number of anilines is 1. The Morgan fingerprint density at radius 2 is 1.56 bits per heavy atom. The molecule has 1 saturated carbocycles. The first-order valence-electron chi connectivity index (χ1n) is 8.19. The van der Waals surface area contributed by atoms with Gasteiger partial charge in [0.15, 0.2) is 11.6 Å². The van der Waals surface area contributed by atoms with Crippen molar-refractivity contribution in [1.82, 2.24) is 19.9 Å². The molecule has 0 amide bonds. The zero-order chi connectivity index (χ0) is 17.4. The monoisotopic (exact) mass is 335 g/mol. The molecule has 0 aliphatic heterocycles. The molecule has 1 aliphatic carbocycles. The van der Waals surface area contributed by atoms with Crippen LogP contribution in [-0.2, 0) is 0 Å². The van der Waals surface area contributed by atoms with E-state index in [9.17, 15) is 4.39 Å². The molecule has 1 aliphatic rings. The van der Waals surface area contributed by atoms with E-state index in [1.54, 1.807) is 29.4 Å². The molecular weight excluding hydrogens is 317 g/mol. The van der Waals surface area contributed by atoms with Crippen LogP contribution in [0.4, 0.5) is 10.1 Å². The van der Waals surface area contributed by atoms with Gasteiger partial charge in [0.2, 0.25) is 0 Å². The molecule has 5 nitrogen and oxygen atoms in total. The second-order valence-corrected chi connectivity index (χ2v) is 6.47. The van der Waals surface area contributed by atoms with E-state index in [0.29, 0.717) is 29.2 Å². The minimum absolute atomic E-state index is 0.193. The fourth-order valence-electron chi connectivity index (χ4n) is 3.09. The summed E-state index contributed by atoms with van der Waals surface area (Å²) in [6, 6.07) is 7.12. The molecule has 4 rings (SSSR count). The fraction of sp³-hybridized carbons (Fsp3) is 0.263. The van der Waals surface area contributed by atoms with Crippen molar-refractivity contribution in [2.45, 2.75) is 18.3 Å². The predicted octanol–water partition coefficient (Wildman–Crippen LogP) is 3.41. The van der Waals surface area contributed by atoms with Gasteiger partial charge >= 0.3 is 0 Å². The van der Waals surface area contributed by atoms with Crippen LogP contribution in [0.25, 0.3) is 11.6 Å². The Hall–Kier alpha value is -2.89. The molecule has 2 atom stereocenters. The predicted molar refractivity (Wildman–Crippen MR) is 93.9 cm³/mol. The highest BCUT2D eigenvalue weighted by atomic mass is 19.1. The Labute approximate surface area is 145 Å². The Morgan fingerprint density at radius 1 is 0.920 bits per heavy atom. The molecule has 2 aromatic heterocycles. The molecule has 2 heterocycles. The van der Waals surface area contributed by atoms with E-state index in [1.807, 2.05) is 38.6 Å². The minimum atomic E-state index is -0.193. The van der Waals surface area contributed by atoms with Crippen LogP contribution in [-0.4, -0.2) is 34.0 Å². The van der Waals surface area contributed by atoms with Crippen molar-refractivity contribution < 1.29 is 4.39 Å². The van der Waals surface area contributed by atoms with Gasteiger partial charge in [-0.3, -0.25) is 0 Å². The molecule has 2 unspecified atom stereocenters. The van der Waals surface area contributed by atoms with Crippen molar-refractivity contribution in [2.24, 2.45) is 0 Å². The minimum Gasteiger partial charge on any atom is -0.375 e. The third-order valence-corrected chi connectivity index (χ3v) is 4.54. The summed E-state index contributed by atoms with van der Waals surface area (Å²) in [5, 5.41) is 0. The molecule has 0 bridgehead atoms. The number of hydrogen-bond donors (Lipinski definition) is 0. The van der Waals surface area contributed by atoms with Crippen LogP contribution in [0.2, 0.25) is 0 Å². The van der Waals surface area contributed by atoms with Gasteiger partial charge in [-0.05, 0) is 47.6 Å². The van der Waals surface area contributed by atoms with Crippen LogP contribution < -0.4 is 4.90 Å². The Balaban J connectivity index is 1.53. The molecule has 0 saturated heterocycles. The topological polar surface area (TPSA) is 54.8 Å². The van der Waals surface area contributed by atoms with Gasteiger partial charge in [0.05, 0.1) is 5.69 Å². The van der Waals surface area contributed by atoms with Crippen LogP contribution in [0.3, 0.4) is 0 Å². The molecule has 1 aromatic carbocycles. The molecule has 0 spiro atoms. The summed E-state index contributed by atoms with van der Waals surface area (Å²) >= 11 is 0. The standard InChI is InChI=1S/C19H18FN5/c1-25(2)17-8-12(4-5-16(17)20)14-9-15(14)13-10-23-19(24-11-13)18-21-6-3-7-22-18/h3-8,10-11,14-15H,9H2,1-2H3. The highest BCUT2D eigenvalue weighted by Crippen LogP contribution is 2.54. The lowest BCUT2D eigenvalue weighted by atomic mass is 10.1. The third kappa shape index (κ3) is 3.07. The first kappa shape index (κ1) is 15.6. The van der Waals surface area contributed by atoms with E-state index >= 15 is 0 Å². The number of nitrogens with zero attached hydrogens (tertiary/aromatic N) is 5. The van der Waals surface area contributed by atoms with E-state index in [-0.39, 0.29) is 5.82 Å². The van der Waals surface area contributed by atoms with Gasteiger partial charge in [-0.25, -0.2) is 24.3 Å². The summed E-state index contributed by atoms with van der Waals surface area (Å²) in [7, 11) is 3.70. The summed E-state index contributed by atoms with van der Waals surface area (Å²) in [4.78, 5) is 18.9. The van der Waals surface area contributed by atoms with Crippen LogP contribution in [0, 0.1) is 5.82 Å². The zero-order valence-corrected chi connectivity index (χ0v) is 14.1. The van der Waals surface area contributed by atoms with Crippen molar-refractivity contribution in [3.63, 3.8) is 0 Å². The zero-order valence-electron chi connectivity index (χ0n) is 14.1. The Kier molecular flexibility index (Phi) is 3.87. The average Bonchev–Trinajstić information content (AvgIpc) is 3.43. The molecular formula is C19H18FN5. The summed E-state index contributed by atoms with van der Waals surface area (Å²) in [6.45, 7) is 0. The van der Waals surface area contributed by atoms with Crippen molar-refractivity contribution in [3.05, 3.63) is 66.0 Å². The van der Waals surface area contributed by atoms with Gasteiger partial charge in [-0.15, -0.1) is 0 Å². The van der Waals surface area contributed by atoms with Gasteiger partial charge in [-0.2, -0.15) is 0 Å². The van der Waals surface area contributed by atoms with E-state index in [0.717, 1.165) is 17.5 Å². The summed E-state index contributed by atoms with van der Waals surface area (Å²) in [5.41, 5.74) is 2.88. The van der Waals surface area contributed by atoms with Crippen molar-refractivity contribution >= 4 is 5.69 Å². The number of hydrogen-bond acceptors (Lipinski definition) is 5. The highest BCUT2D eigenvalue weighted by Gasteiger charge is 2.40. The number of halogens is 1. The van der Waals surface area contributed by atoms with Crippen LogP contribution in [0.15, 0.2) is 49.1 Å². The largest absolute Gasteiger partial charge is 0.375 e. The molecule has 0 N–H and O–H groups in total. The molecule has 126 valence electrons. The molecule has 3 aromatic rings. The van der Waals surface area contributed by atoms with Crippen LogP contribution >= 0.6 is 0 Å². The SMILES string of the molecule is CN(C)c1cc(C2CC2c2cnc(-c3ncccn3)nc2)ccc1F. The Bertz CT molecular complexity index is 880. The van der Waals surface area contributed by atoms with E-state index in [1.165, 1.54) is 0 Å². The smallest absolute Gasteiger partial charge is 0.197 e. The van der Waals surface area contributed by atoms with Crippen LogP contribution in [0.5, 0.6) is 0 Å². The quantitative estimate of drug-likeness (QED) is 0.731. The summed E-state index contributed by atoms with van der Waals surface area (Å²) in [6.07, 6.45) is 8.07. The third-order valence-electron chi connectivity index (χ3n) is 4.54. The van der Waals surface area contributed by atoms with Crippen molar-refractivity contribution in [1.29, 1.82) is 0 Å². The van der Waals surface area contributed by atoms with Gasteiger partial charge in [-0.1, -0.05) is 6.07 Å². The van der Waals surface area contributed by atoms with Gasteiger partial charge in [0, 0.05) is 38.9 Å². The van der Waals surface area contributed by atoms with Crippen molar-refractivity contribution in [2.75, 3.05) is 19.0 Å². The lowest BCUT2D eigenvalue weighted by molar-refractivity contribution is 0.625. The lowest BCUT2D eigenvalue weighted by Gasteiger charge is -2.14. The highest BCUT2D eigenvalue weighted by molar-refractivity contribution is 5.51. The van der Waals surface area contributed by atoms with E-state index < -0.39 is 0 Å². The maximum atomic E-state index is 13.9. The van der Waals surface area contributed by atoms with E-state index in [2.05, 4.69) is 19.9 Å².